The third kappa shape index (κ3) is 5.71. The first-order chi connectivity index (χ1) is 9.38. The van der Waals surface area contributed by atoms with Gasteiger partial charge in [-0.2, -0.15) is 0 Å². The quantitative estimate of drug-likeness (QED) is 0.719. The fourth-order valence-corrected chi connectivity index (χ4v) is 3.58. The highest BCUT2D eigenvalue weighted by Crippen LogP contribution is 2.39. The van der Waals surface area contributed by atoms with Gasteiger partial charge in [0.2, 0.25) is 0 Å². The zero-order chi connectivity index (χ0) is 15.2. The highest BCUT2D eigenvalue weighted by Gasteiger charge is 2.36. The van der Waals surface area contributed by atoms with Gasteiger partial charge in [-0.15, -0.1) is 0 Å². The van der Waals surface area contributed by atoms with Crippen molar-refractivity contribution < 1.29 is 5.11 Å². The van der Waals surface area contributed by atoms with E-state index in [1.807, 2.05) is 0 Å². The lowest BCUT2D eigenvalue weighted by molar-refractivity contribution is 0.0594. The van der Waals surface area contributed by atoms with Crippen molar-refractivity contribution in [1.82, 2.24) is 10.2 Å². The van der Waals surface area contributed by atoms with Gasteiger partial charge < -0.3 is 15.3 Å². The van der Waals surface area contributed by atoms with Crippen LogP contribution in [0, 0.1) is 17.3 Å². The van der Waals surface area contributed by atoms with Crippen LogP contribution in [0.4, 0.5) is 0 Å². The second-order valence-corrected chi connectivity index (χ2v) is 7.67. The molecule has 3 nitrogen and oxygen atoms in total. The van der Waals surface area contributed by atoms with Crippen LogP contribution in [0.15, 0.2) is 0 Å². The fraction of sp³-hybridized carbons (Fsp3) is 1.00. The van der Waals surface area contributed by atoms with E-state index in [1.54, 1.807) is 0 Å². The first kappa shape index (κ1) is 17.9. The zero-order valence-electron chi connectivity index (χ0n) is 14.3. The molecule has 0 amide bonds. The van der Waals surface area contributed by atoms with Gasteiger partial charge >= 0.3 is 0 Å². The Kier molecular flexibility index (Phi) is 7.49. The topological polar surface area (TPSA) is 35.5 Å². The maximum atomic E-state index is 9.36. The zero-order valence-corrected chi connectivity index (χ0v) is 14.3. The molecule has 1 aliphatic carbocycles. The van der Waals surface area contributed by atoms with Gasteiger partial charge in [-0.05, 0) is 50.6 Å². The van der Waals surface area contributed by atoms with Gasteiger partial charge in [0, 0.05) is 19.1 Å². The van der Waals surface area contributed by atoms with E-state index in [1.165, 1.54) is 25.7 Å². The lowest BCUT2D eigenvalue weighted by Gasteiger charge is -2.44. The Morgan fingerprint density at radius 2 is 2.05 bits per heavy atom. The molecule has 3 heteroatoms. The Labute approximate surface area is 126 Å². The minimum absolute atomic E-state index is 0.252. The van der Waals surface area contributed by atoms with Crippen molar-refractivity contribution in [2.45, 2.75) is 59.4 Å². The molecule has 1 rings (SSSR count). The smallest absolute Gasteiger partial charge is 0.0584 e. The standard InChI is InChI=1S/C17H36N2O/c1-14(2)10-18-12-17(8-6-7-15(3)9-17)13-19(5)16(4)11-20/h14-16,18,20H,6-13H2,1-5H3. The van der Waals surface area contributed by atoms with Crippen molar-refractivity contribution in [3.63, 3.8) is 0 Å². The molecule has 120 valence electrons. The van der Waals surface area contributed by atoms with Gasteiger partial charge in [-0.1, -0.05) is 33.6 Å². The van der Waals surface area contributed by atoms with Gasteiger partial charge in [0.05, 0.1) is 6.61 Å². The molecule has 3 unspecified atom stereocenters. The van der Waals surface area contributed by atoms with Crippen molar-refractivity contribution in [1.29, 1.82) is 0 Å². The molecule has 1 aliphatic rings. The van der Waals surface area contributed by atoms with Gasteiger partial charge in [-0.3, -0.25) is 0 Å². The predicted molar refractivity (Wildman–Crippen MR) is 87.0 cm³/mol. The molecule has 0 radical (unpaired) electrons. The van der Waals surface area contributed by atoms with Crippen molar-refractivity contribution in [2.75, 3.05) is 33.3 Å². The first-order valence-electron chi connectivity index (χ1n) is 8.40. The Morgan fingerprint density at radius 3 is 2.60 bits per heavy atom. The number of nitrogens with zero attached hydrogens (tertiary/aromatic N) is 1. The van der Waals surface area contributed by atoms with E-state index in [2.05, 4.69) is 45.0 Å². The van der Waals surface area contributed by atoms with Crippen LogP contribution in [0.3, 0.4) is 0 Å². The van der Waals surface area contributed by atoms with E-state index < -0.39 is 0 Å². The monoisotopic (exact) mass is 284 g/mol. The number of hydrogen-bond donors (Lipinski definition) is 2. The van der Waals surface area contributed by atoms with Crippen LogP contribution in [-0.2, 0) is 0 Å². The molecule has 2 N–H and O–H groups in total. The van der Waals surface area contributed by atoms with Crippen molar-refractivity contribution >= 4 is 0 Å². The normalized spacial score (nSPS) is 29.1. The summed E-state index contributed by atoms with van der Waals surface area (Å²) in [6, 6.07) is 0.259. The summed E-state index contributed by atoms with van der Waals surface area (Å²) in [4.78, 5) is 2.34. The number of nitrogens with one attached hydrogen (secondary N) is 1. The van der Waals surface area contributed by atoms with Gasteiger partial charge in [0.1, 0.15) is 0 Å². The van der Waals surface area contributed by atoms with Gasteiger partial charge in [0.15, 0.2) is 0 Å². The number of hydrogen-bond acceptors (Lipinski definition) is 3. The molecule has 3 atom stereocenters. The van der Waals surface area contributed by atoms with Crippen LogP contribution in [0.5, 0.6) is 0 Å². The highest BCUT2D eigenvalue weighted by atomic mass is 16.3. The predicted octanol–water partition coefficient (Wildman–Crippen LogP) is 2.74. The summed E-state index contributed by atoms with van der Waals surface area (Å²) in [5, 5.41) is 13.1. The average molecular weight is 284 g/mol. The minimum Gasteiger partial charge on any atom is -0.395 e. The summed E-state index contributed by atoms with van der Waals surface area (Å²) in [6.45, 7) is 12.6. The number of aliphatic hydroxyl groups is 1. The molecule has 0 aromatic rings. The maximum Gasteiger partial charge on any atom is 0.0584 e. The number of aliphatic hydroxyl groups excluding tert-OH is 1. The molecule has 0 aromatic carbocycles. The summed E-state index contributed by atoms with van der Waals surface area (Å²) in [6.07, 6.45) is 5.38. The summed E-state index contributed by atoms with van der Waals surface area (Å²) in [5.41, 5.74) is 0.394. The average Bonchev–Trinajstić information content (AvgIpc) is 2.37. The molecule has 0 bridgehead atoms. The summed E-state index contributed by atoms with van der Waals surface area (Å²) in [5.74, 6) is 1.55. The summed E-state index contributed by atoms with van der Waals surface area (Å²) >= 11 is 0. The van der Waals surface area contributed by atoms with E-state index in [9.17, 15) is 5.11 Å². The van der Waals surface area contributed by atoms with Crippen LogP contribution in [-0.4, -0.2) is 49.3 Å². The van der Waals surface area contributed by atoms with Crippen LogP contribution in [0.25, 0.3) is 0 Å². The molecule has 0 aliphatic heterocycles. The molecule has 20 heavy (non-hydrogen) atoms. The lowest BCUT2D eigenvalue weighted by Crippen LogP contribution is -2.48. The van der Waals surface area contributed by atoms with Gasteiger partial charge in [0.25, 0.3) is 0 Å². The lowest BCUT2D eigenvalue weighted by atomic mass is 9.69. The van der Waals surface area contributed by atoms with E-state index >= 15 is 0 Å². The van der Waals surface area contributed by atoms with Crippen LogP contribution in [0.1, 0.15) is 53.4 Å². The fourth-order valence-electron chi connectivity index (χ4n) is 3.58. The van der Waals surface area contributed by atoms with Crippen LogP contribution >= 0.6 is 0 Å². The largest absolute Gasteiger partial charge is 0.395 e. The number of likely N-dealkylation sites (N-methyl/N-ethyl adjacent to an activating group) is 1. The maximum absolute atomic E-state index is 9.36. The first-order valence-corrected chi connectivity index (χ1v) is 8.40. The van der Waals surface area contributed by atoms with Crippen LogP contribution < -0.4 is 5.32 Å². The Morgan fingerprint density at radius 1 is 1.35 bits per heavy atom. The second kappa shape index (κ2) is 8.35. The molecule has 1 saturated carbocycles. The van der Waals surface area contributed by atoms with Crippen molar-refractivity contribution in [3.05, 3.63) is 0 Å². The highest BCUT2D eigenvalue weighted by molar-refractivity contribution is 4.90. The molecule has 1 fully saturated rings. The molecule has 0 heterocycles. The Bertz CT molecular complexity index is 270. The van der Waals surface area contributed by atoms with E-state index in [4.69, 9.17) is 0 Å². The summed E-state index contributed by atoms with van der Waals surface area (Å²) in [7, 11) is 2.16. The molecular formula is C17H36N2O. The van der Waals surface area contributed by atoms with E-state index in [0.717, 1.165) is 25.6 Å². The van der Waals surface area contributed by atoms with Crippen LogP contribution in [0.2, 0.25) is 0 Å². The second-order valence-electron chi connectivity index (χ2n) is 7.67. The third-order valence-electron chi connectivity index (χ3n) is 4.84. The Balaban J connectivity index is 2.63. The summed E-state index contributed by atoms with van der Waals surface area (Å²) < 4.78 is 0. The molecule has 0 aromatic heterocycles. The van der Waals surface area contributed by atoms with Crippen molar-refractivity contribution in [2.24, 2.45) is 17.3 Å². The molecule has 0 spiro atoms. The van der Waals surface area contributed by atoms with Crippen molar-refractivity contribution in [3.8, 4) is 0 Å². The van der Waals surface area contributed by atoms with Gasteiger partial charge in [-0.25, -0.2) is 0 Å². The van der Waals surface area contributed by atoms with E-state index in [-0.39, 0.29) is 12.6 Å². The molecule has 0 saturated heterocycles. The minimum atomic E-state index is 0.252. The third-order valence-corrected chi connectivity index (χ3v) is 4.84. The SMILES string of the molecule is CC(C)CNCC1(CN(C)C(C)CO)CCCC(C)C1. The number of rotatable bonds is 8. The Hall–Kier alpha value is -0.120. The van der Waals surface area contributed by atoms with E-state index in [0.29, 0.717) is 11.3 Å². The molecular weight excluding hydrogens is 248 g/mol.